The van der Waals surface area contributed by atoms with Gasteiger partial charge in [0.2, 0.25) is 5.91 Å². The Morgan fingerprint density at radius 2 is 1.88 bits per heavy atom. The van der Waals surface area contributed by atoms with Crippen LogP contribution in [0.4, 0.5) is 15.8 Å². The Kier molecular flexibility index (Phi) is 8.04. The molecule has 0 spiro atoms. The molecule has 0 atom stereocenters. The molecule has 0 aliphatic carbocycles. The summed E-state index contributed by atoms with van der Waals surface area (Å²) in [4.78, 5) is 38.6. The van der Waals surface area contributed by atoms with Crippen molar-refractivity contribution in [2.75, 3.05) is 43.4 Å². The number of amides is 2. The molecule has 0 aromatic heterocycles. The van der Waals surface area contributed by atoms with Crippen molar-refractivity contribution < 1.29 is 18.9 Å². The van der Waals surface area contributed by atoms with Gasteiger partial charge in [-0.1, -0.05) is 18.2 Å². The van der Waals surface area contributed by atoms with Gasteiger partial charge in [-0.15, -0.1) is 0 Å². The maximum atomic E-state index is 13.6. The Morgan fingerprint density at radius 3 is 2.53 bits per heavy atom. The van der Waals surface area contributed by atoms with Gasteiger partial charge in [-0.25, -0.2) is 4.39 Å². The molecule has 32 heavy (non-hydrogen) atoms. The van der Waals surface area contributed by atoms with E-state index in [-0.39, 0.29) is 23.0 Å². The molecule has 0 bridgehead atoms. The first-order chi connectivity index (χ1) is 15.4. The number of piperazine rings is 1. The average molecular weight is 461 g/mol. The van der Waals surface area contributed by atoms with Crippen molar-refractivity contribution in [1.82, 2.24) is 10.2 Å². The molecular formula is C22H25FN4O4S. The number of carbonyl (C=O) groups is 2. The fourth-order valence-corrected chi connectivity index (χ4v) is 4.32. The molecule has 170 valence electrons. The van der Waals surface area contributed by atoms with Crippen molar-refractivity contribution in [3.8, 4) is 0 Å². The standard InChI is InChI=1S/C22H25FN4O4S/c1-16(28)25-9-11-26(12-10-25)20-7-6-17(14-21(20)27(30)31)22(29)24-8-13-32-15-18-4-2-3-5-19(18)23/h2-7,14H,8-13,15H2,1H3,(H,24,29). The smallest absolute Gasteiger partial charge is 0.293 e. The minimum Gasteiger partial charge on any atom is -0.362 e. The maximum Gasteiger partial charge on any atom is 0.293 e. The zero-order chi connectivity index (χ0) is 23.1. The fraction of sp³-hybridized carbons (Fsp3) is 0.364. The lowest BCUT2D eigenvalue weighted by molar-refractivity contribution is -0.384. The molecule has 1 aliphatic heterocycles. The number of thioether (sulfide) groups is 1. The van der Waals surface area contributed by atoms with E-state index in [0.717, 1.165) is 0 Å². The number of rotatable bonds is 8. The quantitative estimate of drug-likeness (QED) is 0.370. The second-order valence-corrected chi connectivity index (χ2v) is 8.46. The molecule has 1 saturated heterocycles. The summed E-state index contributed by atoms with van der Waals surface area (Å²) in [6, 6.07) is 11.0. The molecule has 1 aliphatic rings. The average Bonchev–Trinajstić information content (AvgIpc) is 2.79. The lowest BCUT2D eigenvalue weighted by Crippen LogP contribution is -2.48. The van der Waals surface area contributed by atoms with Crippen LogP contribution in [-0.2, 0) is 10.5 Å². The number of halogens is 1. The summed E-state index contributed by atoms with van der Waals surface area (Å²) in [5.41, 5.74) is 1.12. The fourth-order valence-electron chi connectivity index (χ4n) is 3.48. The molecule has 1 fully saturated rings. The van der Waals surface area contributed by atoms with E-state index in [4.69, 9.17) is 0 Å². The molecule has 2 aromatic carbocycles. The predicted molar refractivity (Wildman–Crippen MR) is 122 cm³/mol. The van der Waals surface area contributed by atoms with Gasteiger partial charge in [-0.3, -0.25) is 19.7 Å². The molecule has 2 aromatic rings. The number of benzene rings is 2. The highest BCUT2D eigenvalue weighted by Crippen LogP contribution is 2.30. The molecule has 0 radical (unpaired) electrons. The second kappa shape index (κ2) is 10.9. The van der Waals surface area contributed by atoms with Gasteiger partial charge < -0.3 is 15.1 Å². The minimum absolute atomic E-state index is 0.0155. The lowest BCUT2D eigenvalue weighted by Gasteiger charge is -2.35. The number of nitro benzene ring substituents is 1. The number of nitrogens with zero attached hydrogens (tertiary/aromatic N) is 3. The first kappa shape index (κ1) is 23.5. The highest BCUT2D eigenvalue weighted by molar-refractivity contribution is 7.98. The number of anilines is 1. The molecule has 1 heterocycles. The Morgan fingerprint density at radius 1 is 1.16 bits per heavy atom. The van der Waals surface area contributed by atoms with E-state index in [1.165, 1.54) is 30.8 Å². The van der Waals surface area contributed by atoms with E-state index in [0.29, 0.717) is 55.5 Å². The first-order valence-corrected chi connectivity index (χ1v) is 11.4. The first-order valence-electron chi connectivity index (χ1n) is 10.2. The predicted octanol–water partition coefficient (Wildman–Crippen LogP) is 3.07. The summed E-state index contributed by atoms with van der Waals surface area (Å²) in [6.07, 6.45) is 0. The number of nitrogens with one attached hydrogen (secondary N) is 1. The number of hydrogen-bond donors (Lipinski definition) is 1. The van der Waals surface area contributed by atoms with Gasteiger partial charge in [0.1, 0.15) is 11.5 Å². The zero-order valence-electron chi connectivity index (χ0n) is 17.8. The van der Waals surface area contributed by atoms with E-state index in [1.807, 2.05) is 4.90 Å². The molecule has 0 saturated carbocycles. The summed E-state index contributed by atoms with van der Waals surface area (Å²) >= 11 is 1.49. The maximum absolute atomic E-state index is 13.6. The van der Waals surface area contributed by atoms with Crippen LogP contribution in [0.2, 0.25) is 0 Å². The van der Waals surface area contributed by atoms with Crippen LogP contribution in [0.1, 0.15) is 22.8 Å². The van der Waals surface area contributed by atoms with Crippen molar-refractivity contribution in [3.05, 3.63) is 69.5 Å². The highest BCUT2D eigenvalue weighted by atomic mass is 32.2. The molecule has 3 rings (SSSR count). The number of nitro groups is 1. The van der Waals surface area contributed by atoms with Gasteiger partial charge in [0, 0.05) is 62.8 Å². The monoisotopic (exact) mass is 460 g/mol. The summed E-state index contributed by atoms with van der Waals surface area (Å²) in [5.74, 6) is 0.421. The van der Waals surface area contributed by atoms with Crippen molar-refractivity contribution in [1.29, 1.82) is 0 Å². The Balaban J connectivity index is 1.55. The summed E-state index contributed by atoms with van der Waals surface area (Å²) in [7, 11) is 0. The SMILES string of the molecule is CC(=O)N1CCN(c2ccc(C(=O)NCCSCc3ccccc3F)cc2[N+](=O)[O-])CC1. The highest BCUT2D eigenvalue weighted by Gasteiger charge is 2.25. The molecule has 2 amide bonds. The van der Waals surface area contributed by atoms with Gasteiger partial charge in [0.15, 0.2) is 0 Å². The van der Waals surface area contributed by atoms with Crippen molar-refractivity contribution >= 4 is 35.0 Å². The largest absolute Gasteiger partial charge is 0.362 e. The number of carbonyl (C=O) groups excluding carboxylic acids is 2. The summed E-state index contributed by atoms with van der Waals surface area (Å²) < 4.78 is 13.6. The molecule has 1 N–H and O–H groups in total. The van der Waals surface area contributed by atoms with E-state index in [9.17, 15) is 24.1 Å². The van der Waals surface area contributed by atoms with E-state index in [2.05, 4.69) is 5.32 Å². The van der Waals surface area contributed by atoms with Crippen LogP contribution in [0.3, 0.4) is 0 Å². The topological polar surface area (TPSA) is 95.8 Å². The second-order valence-electron chi connectivity index (χ2n) is 7.35. The summed E-state index contributed by atoms with van der Waals surface area (Å²) in [5, 5.41) is 14.4. The Hall–Kier alpha value is -3.14. The van der Waals surface area contributed by atoms with E-state index >= 15 is 0 Å². The summed E-state index contributed by atoms with van der Waals surface area (Å²) in [6.45, 7) is 3.85. The van der Waals surface area contributed by atoms with Crippen LogP contribution >= 0.6 is 11.8 Å². The van der Waals surface area contributed by atoms with Gasteiger partial charge in [-0.2, -0.15) is 11.8 Å². The Bertz CT molecular complexity index is 996. The molecule has 0 unspecified atom stereocenters. The van der Waals surface area contributed by atoms with Crippen molar-refractivity contribution in [2.45, 2.75) is 12.7 Å². The van der Waals surface area contributed by atoms with E-state index in [1.54, 1.807) is 35.2 Å². The molecule has 8 nitrogen and oxygen atoms in total. The van der Waals surface area contributed by atoms with Crippen LogP contribution in [-0.4, -0.2) is 60.1 Å². The zero-order valence-corrected chi connectivity index (χ0v) is 18.6. The minimum atomic E-state index is -0.492. The van der Waals surface area contributed by atoms with Crippen molar-refractivity contribution in [2.24, 2.45) is 0 Å². The van der Waals surface area contributed by atoms with Gasteiger partial charge in [0.25, 0.3) is 11.6 Å². The van der Waals surface area contributed by atoms with Crippen LogP contribution in [0.5, 0.6) is 0 Å². The van der Waals surface area contributed by atoms with Gasteiger partial charge in [0.05, 0.1) is 4.92 Å². The van der Waals surface area contributed by atoms with E-state index < -0.39 is 10.8 Å². The van der Waals surface area contributed by atoms with Gasteiger partial charge >= 0.3 is 0 Å². The Labute approximate surface area is 189 Å². The van der Waals surface area contributed by atoms with Crippen LogP contribution < -0.4 is 10.2 Å². The number of hydrogen-bond acceptors (Lipinski definition) is 6. The third kappa shape index (κ3) is 5.97. The third-order valence-corrected chi connectivity index (χ3v) is 6.26. The lowest BCUT2D eigenvalue weighted by atomic mass is 10.1. The van der Waals surface area contributed by atoms with Crippen LogP contribution in [0, 0.1) is 15.9 Å². The normalized spacial score (nSPS) is 13.7. The molecular weight excluding hydrogens is 435 g/mol. The third-order valence-electron chi connectivity index (χ3n) is 5.25. The van der Waals surface area contributed by atoms with Gasteiger partial charge in [-0.05, 0) is 23.8 Å². The molecule has 10 heteroatoms. The van der Waals surface area contributed by atoms with Crippen molar-refractivity contribution in [3.63, 3.8) is 0 Å². The van der Waals surface area contributed by atoms with Crippen LogP contribution in [0.25, 0.3) is 0 Å². The van der Waals surface area contributed by atoms with Crippen LogP contribution in [0.15, 0.2) is 42.5 Å².